The van der Waals surface area contributed by atoms with Crippen LogP contribution in [-0.4, -0.2) is 79.9 Å². The third-order valence-electron chi connectivity index (χ3n) is 6.18. The molecule has 4 rings (SSSR count). The molecule has 1 aromatic heterocycles. The molecule has 10 heteroatoms. The molecule has 2 aromatic rings. The normalized spacial score (nSPS) is 19.9. The van der Waals surface area contributed by atoms with Crippen molar-refractivity contribution in [2.75, 3.05) is 44.7 Å². The van der Waals surface area contributed by atoms with Crippen molar-refractivity contribution in [2.45, 2.75) is 23.8 Å². The van der Waals surface area contributed by atoms with Gasteiger partial charge in [-0.25, -0.2) is 13.2 Å². The highest BCUT2D eigenvalue weighted by Gasteiger charge is 2.42. The van der Waals surface area contributed by atoms with Crippen LogP contribution in [0.4, 0.5) is 5.69 Å². The van der Waals surface area contributed by atoms with Gasteiger partial charge >= 0.3 is 5.97 Å². The van der Waals surface area contributed by atoms with Gasteiger partial charge in [-0.15, -0.1) is 0 Å². The molecule has 0 bridgehead atoms. The van der Waals surface area contributed by atoms with Crippen molar-refractivity contribution < 1.29 is 22.7 Å². The Bertz CT molecular complexity index is 1090. The van der Waals surface area contributed by atoms with Crippen LogP contribution in [0.1, 0.15) is 23.3 Å². The van der Waals surface area contributed by atoms with E-state index in [1.54, 1.807) is 11.9 Å². The number of ether oxygens (including phenoxy) is 1. The Morgan fingerprint density at radius 1 is 1.03 bits per heavy atom. The highest BCUT2D eigenvalue weighted by molar-refractivity contribution is 7.89. The second-order valence-electron chi connectivity index (χ2n) is 8.09. The van der Waals surface area contributed by atoms with Gasteiger partial charge in [0.15, 0.2) is 0 Å². The summed E-state index contributed by atoms with van der Waals surface area (Å²) < 4.78 is 34.1. The quantitative estimate of drug-likeness (QED) is 0.625. The number of aryl methyl sites for hydroxylation is 1. The Morgan fingerprint density at radius 2 is 1.72 bits per heavy atom. The maximum atomic E-state index is 13.3. The number of anilines is 1. The molecule has 0 N–H and O–H groups in total. The lowest BCUT2D eigenvalue weighted by Crippen LogP contribution is -2.54. The average Bonchev–Trinajstić information content (AvgIpc) is 3.47. The number of carbonyl (C=O) groups excluding carboxylic acids is 2. The lowest BCUT2D eigenvalue weighted by atomic mass is 10.1. The molecule has 172 valence electrons. The summed E-state index contributed by atoms with van der Waals surface area (Å²) in [5, 5.41) is 0. The van der Waals surface area contributed by atoms with E-state index in [0.717, 1.165) is 5.69 Å². The fourth-order valence-corrected chi connectivity index (χ4v) is 6.15. The summed E-state index contributed by atoms with van der Waals surface area (Å²) >= 11 is 0. The number of sulfonamides is 1. The Balaban J connectivity index is 1.47. The molecule has 1 amide bonds. The van der Waals surface area contributed by atoms with Crippen molar-refractivity contribution in [2.24, 2.45) is 7.05 Å². The molecule has 2 aliphatic rings. The van der Waals surface area contributed by atoms with E-state index in [1.165, 1.54) is 28.2 Å². The Hall–Kier alpha value is -2.85. The topological polar surface area (TPSA) is 92.2 Å². The van der Waals surface area contributed by atoms with Crippen LogP contribution in [-0.2, 0) is 26.6 Å². The Kier molecular flexibility index (Phi) is 6.25. The SMILES string of the molecule is COC(=O)c1cc(S(=O)(=O)N2CCC[C@H]2C(=O)N2CCN(c3ccccc3)CC2)cn1C. The fourth-order valence-electron chi connectivity index (χ4n) is 4.43. The third kappa shape index (κ3) is 4.12. The van der Waals surface area contributed by atoms with Crippen LogP contribution in [0.3, 0.4) is 0 Å². The summed E-state index contributed by atoms with van der Waals surface area (Å²) in [4.78, 5) is 29.2. The van der Waals surface area contributed by atoms with Gasteiger partial charge in [0.2, 0.25) is 15.9 Å². The van der Waals surface area contributed by atoms with E-state index in [1.807, 2.05) is 30.3 Å². The number of carbonyl (C=O) groups is 2. The van der Waals surface area contributed by atoms with Crippen LogP contribution in [0, 0.1) is 0 Å². The van der Waals surface area contributed by atoms with Crippen molar-refractivity contribution in [3.63, 3.8) is 0 Å². The van der Waals surface area contributed by atoms with Gasteiger partial charge in [-0.1, -0.05) is 18.2 Å². The first kappa shape index (κ1) is 22.3. The summed E-state index contributed by atoms with van der Waals surface area (Å²) in [6.07, 6.45) is 2.50. The van der Waals surface area contributed by atoms with Gasteiger partial charge in [0.1, 0.15) is 16.6 Å². The summed E-state index contributed by atoms with van der Waals surface area (Å²) in [7, 11) is -1.09. The van der Waals surface area contributed by atoms with Crippen LogP contribution >= 0.6 is 0 Å². The molecule has 0 unspecified atom stereocenters. The summed E-state index contributed by atoms with van der Waals surface area (Å²) in [5.41, 5.74) is 1.26. The van der Waals surface area contributed by atoms with Crippen LogP contribution in [0.15, 0.2) is 47.5 Å². The van der Waals surface area contributed by atoms with E-state index >= 15 is 0 Å². The number of esters is 1. The highest BCUT2D eigenvalue weighted by atomic mass is 32.2. The standard InChI is InChI=1S/C22H28N4O5S/c1-23-16-18(15-20(23)22(28)31-2)32(29,30)26-10-6-9-19(26)21(27)25-13-11-24(12-14-25)17-7-4-3-5-8-17/h3-5,7-8,15-16,19H,6,9-14H2,1-2H3/t19-/m0/s1. The molecule has 2 saturated heterocycles. The number of hydrogen-bond donors (Lipinski definition) is 0. The number of rotatable bonds is 5. The molecule has 0 saturated carbocycles. The van der Waals surface area contributed by atoms with Crippen LogP contribution in [0.2, 0.25) is 0 Å². The molecule has 1 atom stereocenters. The van der Waals surface area contributed by atoms with E-state index in [2.05, 4.69) is 4.90 Å². The number of nitrogens with zero attached hydrogens (tertiary/aromatic N) is 4. The summed E-state index contributed by atoms with van der Waals surface area (Å²) in [6.45, 7) is 2.80. The lowest BCUT2D eigenvalue weighted by Gasteiger charge is -2.38. The zero-order valence-corrected chi connectivity index (χ0v) is 19.1. The first-order chi connectivity index (χ1) is 15.3. The van der Waals surface area contributed by atoms with Crippen molar-refractivity contribution >= 4 is 27.6 Å². The largest absolute Gasteiger partial charge is 0.464 e. The zero-order chi connectivity index (χ0) is 22.9. The van der Waals surface area contributed by atoms with Gasteiger partial charge in [0.05, 0.1) is 7.11 Å². The number of para-hydroxylation sites is 1. The maximum Gasteiger partial charge on any atom is 0.354 e. The minimum absolute atomic E-state index is 0.00556. The van der Waals surface area contributed by atoms with E-state index < -0.39 is 22.0 Å². The molecule has 0 aliphatic carbocycles. The van der Waals surface area contributed by atoms with Gasteiger partial charge in [-0.3, -0.25) is 4.79 Å². The first-order valence-electron chi connectivity index (χ1n) is 10.7. The van der Waals surface area contributed by atoms with Gasteiger partial charge in [-0.2, -0.15) is 4.31 Å². The first-order valence-corrected chi connectivity index (χ1v) is 12.1. The number of amides is 1. The number of benzene rings is 1. The summed E-state index contributed by atoms with van der Waals surface area (Å²) in [6, 6.07) is 10.6. The van der Waals surface area contributed by atoms with Gasteiger partial charge in [0.25, 0.3) is 0 Å². The maximum absolute atomic E-state index is 13.3. The van der Waals surface area contributed by atoms with Crippen LogP contribution in [0.25, 0.3) is 0 Å². The Morgan fingerprint density at radius 3 is 2.38 bits per heavy atom. The minimum atomic E-state index is -3.92. The molecule has 0 radical (unpaired) electrons. The van der Waals surface area contributed by atoms with E-state index in [0.29, 0.717) is 39.0 Å². The van der Waals surface area contributed by atoms with Gasteiger partial charge < -0.3 is 19.1 Å². The molecule has 2 aliphatic heterocycles. The molecular weight excluding hydrogens is 432 g/mol. The second kappa shape index (κ2) is 8.95. The smallest absolute Gasteiger partial charge is 0.354 e. The monoisotopic (exact) mass is 460 g/mol. The van der Waals surface area contributed by atoms with Crippen molar-refractivity contribution in [1.82, 2.24) is 13.8 Å². The minimum Gasteiger partial charge on any atom is -0.464 e. The number of methoxy groups -OCH3 is 1. The van der Waals surface area contributed by atoms with Crippen molar-refractivity contribution in [3.8, 4) is 0 Å². The van der Waals surface area contributed by atoms with Gasteiger partial charge in [0, 0.05) is 51.7 Å². The van der Waals surface area contributed by atoms with Gasteiger partial charge in [-0.05, 0) is 31.0 Å². The number of aromatic nitrogens is 1. The molecule has 9 nitrogen and oxygen atoms in total. The van der Waals surface area contributed by atoms with Crippen molar-refractivity contribution in [1.29, 1.82) is 0 Å². The van der Waals surface area contributed by atoms with E-state index in [4.69, 9.17) is 4.74 Å². The fraction of sp³-hybridized carbons (Fsp3) is 0.455. The molecule has 3 heterocycles. The summed E-state index contributed by atoms with van der Waals surface area (Å²) in [5.74, 6) is -0.762. The molecular formula is C22H28N4O5S. The van der Waals surface area contributed by atoms with Crippen LogP contribution in [0.5, 0.6) is 0 Å². The highest BCUT2D eigenvalue weighted by Crippen LogP contribution is 2.29. The average molecular weight is 461 g/mol. The zero-order valence-electron chi connectivity index (χ0n) is 18.3. The molecule has 0 spiro atoms. The molecule has 32 heavy (non-hydrogen) atoms. The Labute approximate surface area is 188 Å². The number of piperazine rings is 1. The molecule has 2 fully saturated rings. The predicted octanol–water partition coefficient (Wildman–Crippen LogP) is 1.31. The predicted molar refractivity (Wildman–Crippen MR) is 119 cm³/mol. The van der Waals surface area contributed by atoms with E-state index in [-0.39, 0.29) is 23.0 Å². The number of hydrogen-bond acceptors (Lipinski definition) is 6. The second-order valence-corrected chi connectivity index (χ2v) is 9.98. The van der Waals surface area contributed by atoms with Crippen molar-refractivity contribution in [3.05, 3.63) is 48.3 Å². The van der Waals surface area contributed by atoms with E-state index in [9.17, 15) is 18.0 Å². The van der Waals surface area contributed by atoms with Crippen LogP contribution < -0.4 is 4.90 Å². The third-order valence-corrected chi connectivity index (χ3v) is 8.06. The molecule has 1 aromatic carbocycles. The lowest BCUT2D eigenvalue weighted by molar-refractivity contribution is -0.134.